The Hall–Kier alpha value is -2.29. The van der Waals surface area contributed by atoms with Gasteiger partial charge in [-0.05, 0) is 83.5 Å². The third kappa shape index (κ3) is 41.3. The molecule has 324 valence electrons. The van der Waals surface area contributed by atoms with Gasteiger partial charge in [-0.1, -0.05) is 132 Å². The van der Waals surface area contributed by atoms with E-state index in [1.54, 1.807) is 0 Å². The Morgan fingerprint density at radius 2 is 0.964 bits per heavy atom. The topological polar surface area (TPSA) is 111 Å². The van der Waals surface area contributed by atoms with Crippen LogP contribution in [0.4, 0.5) is 0 Å². The molecule has 0 N–H and O–H groups in total. The van der Waals surface area contributed by atoms with E-state index in [-0.39, 0.29) is 26.1 Å². The lowest BCUT2D eigenvalue weighted by Crippen LogP contribution is -2.37. The molecular formula is C46H82NO8P. The summed E-state index contributed by atoms with van der Waals surface area (Å²) in [6.45, 7) is 4.11. The van der Waals surface area contributed by atoms with Crippen LogP contribution in [-0.2, 0) is 32.7 Å². The zero-order valence-electron chi connectivity index (χ0n) is 36.3. The van der Waals surface area contributed by atoms with E-state index in [0.29, 0.717) is 23.9 Å². The Labute approximate surface area is 343 Å². The van der Waals surface area contributed by atoms with Crippen LogP contribution in [0, 0.1) is 0 Å². The van der Waals surface area contributed by atoms with Crippen molar-refractivity contribution < 1.29 is 42.1 Å². The van der Waals surface area contributed by atoms with Crippen molar-refractivity contribution in [1.82, 2.24) is 0 Å². The third-order valence-corrected chi connectivity index (χ3v) is 9.97. The lowest BCUT2D eigenvalue weighted by atomic mass is 10.1. The van der Waals surface area contributed by atoms with Crippen LogP contribution in [0.1, 0.15) is 168 Å². The predicted octanol–water partition coefficient (Wildman–Crippen LogP) is 11.8. The van der Waals surface area contributed by atoms with E-state index < -0.39 is 32.5 Å². The highest BCUT2D eigenvalue weighted by atomic mass is 31.2. The van der Waals surface area contributed by atoms with Crippen LogP contribution in [0.3, 0.4) is 0 Å². The largest absolute Gasteiger partial charge is 0.756 e. The standard InChI is InChI=1S/C46H82NO8P/c1-6-8-10-12-14-16-18-20-22-23-25-26-28-30-32-34-36-38-45(48)52-42-44(43-54-56(50,51)53-41-40-47(3,4)5)55-46(49)39-37-35-33-31-29-27-24-21-19-17-15-13-11-9-7-2/h14,16,20-22,24-26,29,31,44H,6-13,15,17-19,23,27-28,30,32-43H2,1-5H3/b16-14+,22-20+,24-21+,26-25+,31-29+/t44-/m1/s1. The van der Waals surface area contributed by atoms with Gasteiger partial charge in [0, 0.05) is 12.8 Å². The molecule has 0 aliphatic rings. The minimum atomic E-state index is -4.64. The van der Waals surface area contributed by atoms with Crippen LogP contribution in [0.25, 0.3) is 0 Å². The van der Waals surface area contributed by atoms with E-state index in [0.717, 1.165) is 64.2 Å². The summed E-state index contributed by atoms with van der Waals surface area (Å²) >= 11 is 0. The molecule has 0 heterocycles. The normalized spacial score (nSPS) is 14.2. The number of unbranched alkanes of at least 4 members (excludes halogenated alkanes) is 15. The van der Waals surface area contributed by atoms with E-state index in [4.69, 9.17) is 18.5 Å². The number of quaternary nitrogens is 1. The predicted molar refractivity (Wildman–Crippen MR) is 231 cm³/mol. The van der Waals surface area contributed by atoms with Gasteiger partial charge >= 0.3 is 11.9 Å². The Morgan fingerprint density at radius 1 is 0.554 bits per heavy atom. The molecule has 0 aromatic heterocycles. The van der Waals surface area contributed by atoms with Crippen LogP contribution >= 0.6 is 7.82 Å². The molecule has 0 aliphatic heterocycles. The van der Waals surface area contributed by atoms with Gasteiger partial charge in [-0.2, -0.15) is 0 Å². The van der Waals surface area contributed by atoms with E-state index >= 15 is 0 Å². The maximum Gasteiger partial charge on any atom is 0.306 e. The molecule has 2 atom stereocenters. The van der Waals surface area contributed by atoms with Gasteiger partial charge in [0.05, 0.1) is 27.7 Å². The molecule has 10 heteroatoms. The summed E-state index contributed by atoms with van der Waals surface area (Å²) in [7, 11) is 1.12. The molecule has 9 nitrogen and oxygen atoms in total. The molecule has 0 aromatic rings. The quantitative estimate of drug-likeness (QED) is 0.0198. The molecule has 0 spiro atoms. The van der Waals surface area contributed by atoms with Crippen LogP contribution < -0.4 is 4.89 Å². The molecule has 0 saturated carbocycles. The van der Waals surface area contributed by atoms with E-state index in [1.165, 1.54) is 64.2 Å². The fraction of sp³-hybridized carbons (Fsp3) is 0.739. The Kier molecular flexibility index (Phi) is 36.7. The van der Waals surface area contributed by atoms with Crippen molar-refractivity contribution in [3.8, 4) is 0 Å². The number of hydrogen-bond acceptors (Lipinski definition) is 8. The van der Waals surface area contributed by atoms with Gasteiger partial charge in [-0.15, -0.1) is 0 Å². The zero-order valence-corrected chi connectivity index (χ0v) is 37.2. The van der Waals surface area contributed by atoms with Gasteiger partial charge in [0.2, 0.25) is 0 Å². The number of carbonyl (C=O) groups is 2. The maximum absolute atomic E-state index is 12.6. The number of likely N-dealkylation sites (N-methyl/N-ethyl adjacent to an activating group) is 1. The second kappa shape index (κ2) is 38.2. The summed E-state index contributed by atoms with van der Waals surface area (Å²) < 4.78 is 33.8. The van der Waals surface area contributed by atoms with Crippen LogP contribution in [0.2, 0.25) is 0 Å². The molecule has 0 aliphatic carbocycles. The van der Waals surface area contributed by atoms with Gasteiger partial charge in [-0.25, -0.2) is 0 Å². The van der Waals surface area contributed by atoms with Crippen molar-refractivity contribution in [2.24, 2.45) is 0 Å². The number of hydrogen-bond donors (Lipinski definition) is 0. The average molecular weight is 808 g/mol. The first-order valence-corrected chi connectivity index (χ1v) is 23.5. The number of phosphoric ester groups is 1. The highest BCUT2D eigenvalue weighted by Gasteiger charge is 2.21. The fourth-order valence-corrected chi connectivity index (χ4v) is 6.24. The van der Waals surface area contributed by atoms with Crippen molar-refractivity contribution in [1.29, 1.82) is 0 Å². The lowest BCUT2D eigenvalue weighted by Gasteiger charge is -2.28. The third-order valence-electron chi connectivity index (χ3n) is 9.01. The molecule has 0 fully saturated rings. The highest BCUT2D eigenvalue weighted by molar-refractivity contribution is 7.45. The van der Waals surface area contributed by atoms with Crippen LogP contribution in [0.5, 0.6) is 0 Å². The Morgan fingerprint density at radius 3 is 1.50 bits per heavy atom. The van der Waals surface area contributed by atoms with Crippen molar-refractivity contribution in [3.63, 3.8) is 0 Å². The average Bonchev–Trinajstić information content (AvgIpc) is 3.15. The minimum Gasteiger partial charge on any atom is -0.756 e. The van der Waals surface area contributed by atoms with Crippen LogP contribution in [-0.4, -0.2) is 70.0 Å². The van der Waals surface area contributed by atoms with Crippen molar-refractivity contribution in [2.75, 3.05) is 47.5 Å². The Balaban J connectivity index is 4.47. The summed E-state index contributed by atoms with van der Waals surface area (Å²) in [5.41, 5.74) is 0. The van der Waals surface area contributed by atoms with E-state index in [1.807, 2.05) is 21.1 Å². The molecule has 0 rings (SSSR count). The zero-order chi connectivity index (χ0) is 41.4. The number of rotatable bonds is 39. The Bertz CT molecular complexity index is 1140. The van der Waals surface area contributed by atoms with Gasteiger partial charge < -0.3 is 27.9 Å². The molecule has 1 unspecified atom stereocenters. The van der Waals surface area contributed by atoms with Gasteiger partial charge in [0.1, 0.15) is 19.8 Å². The molecule has 0 amide bonds. The number of carbonyl (C=O) groups excluding carboxylic acids is 2. The minimum absolute atomic E-state index is 0.0430. The number of phosphoric acid groups is 1. The summed E-state index contributed by atoms with van der Waals surface area (Å²) in [5, 5.41) is 0. The van der Waals surface area contributed by atoms with E-state index in [2.05, 4.69) is 74.6 Å². The second-order valence-corrected chi connectivity index (χ2v) is 17.1. The van der Waals surface area contributed by atoms with Gasteiger partial charge in [-0.3, -0.25) is 14.2 Å². The number of esters is 2. The van der Waals surface area contributed by atoms with E-state index in [9.17, 15) is 19.0 Å². The summed E-state index contributed by atoms with van der Waals surface area (Å²) in [6.07, 6.45) is 45.3. The number of allylic oxidation sites excluding steroid dienone is 10. The smallest absolute Gasteiger partial charge is 0.306 e. The highest BCUT2D eigenvalue weighted by Crippen LogP contribution is 2.38. The molecule has 0 bridgehead atoms. The van der Waals surface area contributed by atoms with Crippen molar-refractivity contribution in [2.45, 2.75) is 174 Å². The molecular weight excluding hydrogens is 725 g/mol. The van der Waals surface area contributed by atoms with Gasteiger partial charge in [0.25, 0.3) is 7.82 Å². The first-order valence-electron chi connectivity index (χ1n) is 22.0. The fourth-order valence-electron chi connectivity index (χ4n) is 5.51. The van der Waals surface area contributed by atoms with Crippen molar-refractivity contribution in [3.05, 3.63) is 60.8 Å². The first kappa shape index (κ1) is 53.7. The van der Waals surface area contributed by atoms with Crippen LogP contribution in [0.15, 0.2) is 60.8 Å². The SMILES string of the molecule is CCCCC/C=C/C/C=C/C/C=C/CCCCCCC(=O)OC[C@H](COP(=O)([O-])OCC[N+](C)(C)C)OC(=O)CCCC/C=C/C/C=C/CCCCCCCC. The summed E-state index contributed by atoms with van der Waals surface area (Å²) in [4.78, 5) is 37.5. The number of ether oxygens (including phenoxy) is 2. The first-order chi connectivity index (χ1) is 27.0. The molecule has 0 radical (unpaired) electrons. The monoisotopic (exact) mass is 808 g/mol. The summed E-state index contributed by atoms with van der Waals surface area (Å²) in [6, 6.07) is 0. The second-order valence-electron chi connectivity index (χ2n) is 15.7. The van der Waals surface area contributed by atoms with Gasteiger partial charge in [0.15, 0.2) is 6.10 Å². The number of nitrogens with zero attached hydrogens (tertiary/aromatic N) is 1. The molecule has 56 heavy (non-hydrogen) atoms. The maximum atomic E-state index is 12.6. The van der Waals surface area contributed by atoms with Crippen molar-refractivity contribution >= 4 is 19.8 Å². The molecule has 0 saturated heterocycles. The molecule has 0 aromatic carbocycles. The lowest BCUT2D eigenvalue weighted by molar-refractivity contribution is -0.870. The summed E-state index contributed by atoms with van der Waals surface area (Å²) in [5.74, 6) is -0.902.